The molecule has 1 amide bonds. The number of piperidine rings is 1. The summed E-state index contributed by atoms with van der Waals surface area (Å²) in [5.74, 6) is 1.22. The average molecular weight is 278 g/mol. The quantitative estimate of drug-likeness (QED) is 0.549. The molecule has 1 aliphatic rings. The molecule has 0 bridgehead atoms. The second-order valence-electron chi connectivity index (χ2n) is 3.87. The van der Waals surface area contributed by atoms with Crippen molar-refractivity contribution in [3.63, 3.8) is 0 Å². The molecule has 8 heteroatoms. The summed E-state index contributed by atoms with van der Waals surface area (Å²) >= 11 is 0. The summed E-state index contributed by atoms with van der Waals surface area (Å²) in [7, 11) is 0. The molecular weight excluding hydrogens is 265 g/mol. The number of hydrogen-bond donors (Lipinski definition) is 2. The van der Waals surface area contributed by atoms with Crippen molar-refractivity contribution in [1.29, 1.82) is 0 Å². The molecule has 106 valence electrons. The summed E-state index contributed by atoms with van der Waals surface area (Å²) in [6, 6.07) is 0.0146. The molecular formula is C11H13F3N2O3. The van der Waals surface area contributed by atoms with Crippen LogP contribution in [0.4, 0.5) is 13.2 Å². The van der Waals surface area contributed by atoms with Gasteiger partial charge in [0, 0.05) is 6.04 Å². The smallest absolute Gasteiger partial charge is 0.446 e. The van der Waals surface area contributed by atoms with Gasteiger partial charge in [0.1, 0.15) is 0 Å². The van der Waals surface area contributed by atoms with Crippen LogP contribution in [0.5, 0.6) is 0 Å². The maximum Gasteiger partial charge on any atom is 0.490 e. The Morgan fingerprint density at radius 2 is 1.95 bits per heavy atom. The highest BCUT2D eigenvalue weighted by Crippen LogP contribution is 2.15. The van der Waals surface area contributed by atoms with E-state index in [1.54, 1.807) is 0 Å². The Morgan fingerprint density at radius 1 is 1.32 bits per heavy atom. The first-order valence-electron chi connectivity index (χ1n) is 5.63. The predicted molar refractivity (Wildman–Crippen MR) is 58.8 cm³/mol. The molecule has 1 heterocycles. The van der Waals surface area contributed by atoms with Crippen molar-refractivity contribution in [3.8, 4) is 11.8 Å². The number of ether oxygens (including phenoxy) is 1. The Hall–Kier alpha value is -1.75. The van der Waals surface area contributed by atoms with Gasteiger partial charge in [-0.25, -0.2) is 4.79 Å². The lowest BCUT2D eigenvalue weighted by atomic mass is 10.1. The minimum Gasteiger partial charge on any atom is -0.446 e. The molecule has 0 atom stereocenters. The fraction of sp³-hybridized carbons (Fsp3) is 0.636. The van der Waals surface area contributed by atoms with Crippen molar-refractivity contribution in [2.24, 2.45) is 0 Å². The minimum atomic E-state index is -5.04. The first-order chi connectivity index (χ1) is 8.89. The van der Waals surface area contributed by atoms with E-state index in [-0.39, 0.29) is 6.04 Å². The number of amides is 1. The molecule has 0 aromatic rings. The summed E-state index contributed by atoms with van der Waals surface area (Å²) in [4.78, 5) is 21.6. The van der Waals surface area contributed by atoms with Crippen LogP contribution >= 0.6 is 0 Å². The lowest BCUT2D eigenvalue weighted by Gasteiger charge is -2.22. The number of carbonyl (C=O) groups is 2. The van der Waals surface area contributed by atoms with Gasteiger partial charge in [0.25, 0.3) is 5.91 Å². The molecule has 1 aliphatic heterocycles. The second-order valence-corrected chi connectivity index (χ2v) is 3.87. The van der Waals surface area contributed by atoms with Crippen LogP contribution in [-0.4, -0.2) is 43.8 Å². The van der Waals surface area contributed by atoms with Crippen LogP contribution < -0.4 is 10.6 Å². The van der Waals surface area contributed by atoms with Gasteiger partial charge in [-0.1, -0.05) is 5.92 Å². The molecule has 0 spiro atoms. The number of alkyl halides is 3. The molecule has 0 aromatic carbocycles. The first kappa shape index (κ1) is 15.3. The number of rotatable bonds is 2. The average Bonchev–Trinajstić information content (AvgIpc) is 2.34. The number of esters is 1. The Labute approximate surface area is 107 Å². The Balaban J connectivity index is 2.25. The van der Waals surface area contributed by atoms with Gasteiger partial charge < -0.3 is 15.4 Å². The Morgan fingerprint density at radius 3 is 2.53 bits per heavy atom. The fourth-order valence-corrected chi connectivity index (χ4v) is 1.49. The number of nitrogens with one attached hydrogen (secondary N) is 2. The van der Waals surface area contributed by atoms with Gasteiger partial charge in [0.15, 0.2) is 6.61 Å². The maximum absolute atomic E-state index is 11.7. The largest absolute Gasteiger partial charge is 0.490 e. The normalized spacial score (nSPS) is 16.2. The van der Waals surface area contributed by atoms with E-state index in [9.17, 15) is 22.8 Å². The lowest BCUT2D eigenvalue weighted by Crippen LogP contribution is -2.42. The van der Waals surface area contributed by atoms with Crippen LogP contribution in [0, 0.1) is 11.8 Å². The topological polar surface area (TPSA) is 67.4 Å². The monoisotopic (exact) mass is 278 g/mol. The van der Waals surface area contributed by atoms with Crippen LogP contribution in [0.15, 0.2) is 0 Å². The summed E-state index contributed by atoms with van der Waals surface area (Å²) in [5.41, 5.74) is 0. The SMILES string of the molecule is O=C(C#CCOC(=O)C(F)(F)F)NC1CCNCC1. The molecule has 0 aliphatic carbocycles. The molecule has 1 fully saturated rings. The molecule has 1 rings (SSSR count). The van der Waals surface area contributed by atoms with E-state index in [1.165, 1.54) is 0 Å². The molecule has 19 heavy (non-hydrogen) atoms. The van der Waals surface area contributed by atoms with E-state index in [1.807, 2.05) is 0 Å². The highest BCUT2D eigenvalue weighted by atomic mass is 19.4. The van der Waals surface area contributed by atoms with E-state index in [0.29, 0.717) is 0 Å². The van der Waals surface area contributed by atoms with Crippen LogP contribution in [0.25, 0.3) is 0 Å². The van der Waals surface area contributed by atoms with E-state index in [4.69, 9.17) is 0 Å². The summed E-state index contributed by atoms with van der Waals surface area (Å²) in [5, 5.41) is 5.74. The van der Waals surface area contributed by atoms with Crippen molar-refractivity contribution in [1.82, 2.24) is 10.6 Å². The van der Waals surface area contributed by atoms with Gasteiger partial charge >= 0.3 is 12.1 Å². The van der Waals surface area contributed by atoms with Crippen molar-refractivity contribution >= 4 is 11.9 Å². The molecule has 0 saturated carbocycles. The molecule has 0 unspecified atom stereocenters. The zero-order chi connectivity index (χ0) is 14.3. The Kier molecular flexibility index (Phi) is 5.63. The van der Waals surface area contributed by atoms with Gasteiger partial charge in [-0.2, -0.15) is 13.2 Å². The molecule has 0 radical (unpaired) electrons. The predicted octanol–water partition coefficient (Wildman–Crippen LogP) is -0.0365. The van der Waals surface area contributed by atoms with Crippen molar-refractivity contribution < 1.29 is 27.5 Å². The minimum absolute atomic E-state index is 0.0146. The highest BCUT2D eigenvalue weighted by molar-refractivity contribution is 5.93. The molecule has 5 nitrogen and oxygen atoms in total. The van der Waals surface area contributed by atoms with Gasteiger partial charge in [0.2, 0.25) is 0 Å². The molecule has 1 saturated heterocycles. The molecule has 2 N–H and O–H groups in total. The zero-order valence-electron chi connectivity index (χ0n) is 9.97. The van der Waals surface area contributed by atoms with Gasteiger partial charge in [-0.15, -0.1) is 0 Å². The van der Waals surface area contributed by atoms with Crippen molar-refractivity contribution in [3.05, 3.63) is 0 Å². The van der Waals surface area contributed by atoms with Crippen molar-refractivity contribution in [2.45, 2.75) is 25.1 Å². The van der Waals surface area contributed by atoms with Crippen LogP contribution in [0.3, 0.4) is 0 Å². The van der Waals surface area contributed by atoms with Crippen molar-refractivity contribution in [2.75, 3.05) is 19.7 Å². The summed E-state index contributed by atoms with van der Waals surface area (Å²) in [6.07, 6.45) is -3.49. The van der Waals surface area contributed by atoms with E-state index in [0.717, 1.165) is 25.9 Å². The third-order valence-electron chi connectivity index (χ3n) is 2.38. The first-order valence-corrected chi connectivity index (χ1v) is 5.63. The van der Waals surface area contributed by atoms with E-state index in [2.05, 4.69) is 27.2 Å². The third kappa shape index (κ3) is 6.10. The standard InChI is InChI=1S/C11H13F3N2O3/c12-11(13,14)10(18)19-7-1-2-9(17)16-8-3-5-15-6-4-8/h8,15H,3-7H2,(H,16,17). The van der Waals surface area contributed by atoms with Crippen LogP contribution in [0.1, 0.15) is 12.8 Å². The number of carbonyl (C=O) groups excluding carboxylic acids is 2. The lowest BCUT2D eigenvalue weighted by molar-refractivity contribution is -0.198. The maximum atomic E-state index is 11.7. The summed E-state index contributed by atoms with van der Waals surface area (Å²) in [6.45, 7) is 0.821. The number of hydrogen-bond acceptors (Lipinski definition) is 4. The zero-order valence-corrected chi connectivity index (χ0v) is 9.97. The van der Waals surface area contributed by atoms with Crippen LogP contribution in [0.2, 0.25) is 0 Å². The third-order valence-corrected chi connectivity index (χ3v) is 2.38. The van der Waals surface area contributed by atoms with Crippen LogP contribution in [-0.2, 0) is 14.3 Å². The fourth-order valence-electron chi connectivity index (χ4n) is 1.49. The van der Waals surface area contributed by atoms with Gasteiger partial charge in [-0.05, 0) is 31.9 Å². The van der Waals surface area contributed by atoms with E-state index >= 15 is 0 Å². The molecule has 0 aromatic heterocycles. The van der Waals surface area contributed by atoms with Gasteiger partial charge in [0.05, 0.1) is 0 Å². The second kappa shape index (κ2) is 6.99. The van der Waals surface area contributed by atoms with E-state index < -0.39 is 24.7 Å². The summed E-state index contributed by atoms with van der Waals surface area (Å²) < 4.78 is 39.0. The number of halogens is 3. The van der Waals surface area contributed by atoms with Gasteiger partial charge in [-0.3, -0.25) is 4.79 Å². The Bertz CT molecular complexity index is 392. The highest BCUT2D eigenvalue weighted by Gasteiger charge is 2.40.